The highest BCUT2D eigenvalue weighted by Gasteiger charge is 2.61. The highest BCUT2D eigenvalue weighted by Crippen LogP contribution is 2.65. The van der Waals surface area contributed by atoms with Crippen LogP contribution in [0.5, 0.6) is 0 Å². The van der Waals surface area contributed by atoms with Gasteiger partial charge in [-0.3, -0.25) is 4.79 Å². The number of carbonyl (C=O) groups excluding carboxylic acids is 2. The van der Waals surface area contributed by atoms with Crippen molar-refractivity contribution < 1.29 is 14.3 Å². The van der Waals surface area contributed by atoms with Crippen LogP contribution in [0.1, 0.15) is 52.9 Å². The van der Waals surface area contributed by atoms with Crippen molar-refractivity contribution in [1.82, 2.24) is 4.90 Å². The number of nitrogens with zero attached hydrogens (tertiary/aromatic N) is 1. The van der Waals surface area contributed by atoms with Crippen LogP contribution in [0.4, 0.5) is 4.79 Å². The lowest BCUT2D eigenvalue weighted by molar-refractivity contribution is -0.168. The molecule has 2 bridgehead atoms. The van der Waals surface area contributed by atoms with Crippen LogP contribution >= 0.6 is 0 Å². The number of rotatable bonds is 2. The summed E-state index contributed by atoms with van der Waals surface area (Å²) in [5.74, 6) is 1.51. The van der Waals surface area contributed by atoms with Gasteiger partial charge in [-0.1, -0.05) is 0 Å². The van der Waals surface area contributed by atoms with E-state index in [9.17, 15) is 9.59 Å². The molecule has 4 fully saturated rings. The molecule has 1 amide bonds. The molecular weight excluding hydrogens is 254 g/mol. The summed E-state index contributed by atoms with van der Waals surface area (Å²) in [6.45, 7) is 6.95. The molecule has 0 N–H and O–H groups in total. The molecule has 1 heterocycles. The Labute approximate surface area is 120 Å². The number of carbonyl (C=O) groups is 2. The van der Waals surface area contributed by atoms with Gasteiger partial charge in [0.25, 0.3) is 0 Å². The third-order valence-corrected chi connectivity index (χ3v) is 5.08. The van der Waals surface area contributed by atoms with Gasteiger partial charge in [0.1, 0.15) is 11.4 Å². The summed E-state index contributed by atoms with van der Waals surface area (Å²) >= 11 is 0. The van der Waals surface area contributed by atoms with Crippen molar-refractivity contribution in [1.29, 1.82) is 0 Å². The Kier molecular flexibility index (Phi) is 3.11. The summed E-state index contributed by atoms with van der Waals surface area (Å²) in [6, 6.07) is 0. The summed E-state index contributed by atoms with van der Waals surface area (Å²) in [7, 11) is 0. The molecule has 3 saturated carbocycles. The predicted octanol–water partition coefficient (Wildman–Crippen LogP) is 3.00. The van der Waals surface area contributed by atoms with E-state index >= 15 is 0 Å². The van der Waals surface area contributed by atoms with Crippen molar-refractivity contribution in [2.24, 2.45) is 17.3 Å². The molecule has 0 aromatic carbocycles. The summed E-state index contributed by atoms with van der Waals surface area (Å²) in [6.07, 6.45) is 4.79. The Bertz CT molecular complexity index is 412. The van der Waals surface area contributed by atoms with Gasteiger partial charge in [-0.2, -0.15) is 0 Å². The molecule has 0 spiro atoms. The van der Waals surface area contributed by atoms with Crippen molar-refractivity contribution in [3.8, 4) is 0 Å². The Morgan fingerprint density at radius 3 is 2.05 bits per heavy atom. The first-order valence-corrected chi connectivity index (χ1v) is 7.81. The van der Waals surface area contributed by atoms with E-state index in [2.05, 4.69) is 0 Å². The number of ketones is 1. The zero-order valence-corrected chi connectivity index (χ0v) is 12.8. The van der Waals surface area contributed by atoms with E-state index in [1.54, 1.807) is 4.90 Å². The maximum Gasteiger partial charge on any atom is 0.410 e. The van der Waals surface area contributed by atoms with Crippen LogP contribution in [0.3, 0.4) is 0 Å². The third kappa shape index (κ3) is 2.33. The van der Waals surface area contributed by atoms with E-state index in [1.165, 1.54) is 0 Å². The first kappa shape index (κ1) is 13.9. The second-order valence-electron chi connectivity index (χ2n) is 7.86. The van der Waals surface area contributed by atoms with Gasteiger partial charge in [-0.05, 0) is 58.8 Å². The quantitative estimate of drug-likeness (QED) is 0.780. The molecule has 0 radical (unpaired) electrons. The monoisotopic (exact) mass is 279 g/mol. The van der Waals surface area contributed by atoms with Crippen LogP contribution in [-0.4, -0.2) is 35.5 Å². The lowest BCUT2D eigenvalue weighted by Crippen LogP contribution is -2.59. The SMILES string of the molecule is CC(C)(C)OC(=O)N1CCC(C(=O)C23CC(C2)C3)CC1. The normalized spacial score (nSPS) is 33.1. The van der Waals surface area contributed by atoms with Crippen LogP contribution in [0.2, 0.25) is 0 Å². The standard InChI is InChI=1S/C16H25NO3/c1-15(2,3)20-14(19)17-6-4-12(5-7-17)13(18)16-8-11(9-16)10-16/h11-12H,4-10H2,1-3H3. The number of piperidine rings is 1. The van der Waals surface area contributed by atoms with Gasteiger partial charge in [0.15, 0.2) is 0 Å². The maximum absolute atomic E-state index is 12.5. The molecule has 4 nitrogen and oxygen atoms in total. The van der Waals surface area contributed by atoms with Crippen LogP contribution in [-0.2, 0) is 9.53 Å². The summed E-state index contributed by atoms with van der Waals surface area (Å²) in [4.78, 5) is 26.2. The van der Waals surface area contributed by atoms with E-state index in [0.717, 1.165) is 38.0 Å². The lowest BCUT2D eigenvalue weighted by Gasteiger charge is -2.61. The third-order valence-electron chi connectivity index (χ3n) is 5.08. The molecule has 1 aliphatic heterocycles. The van der Waals surface area contributed by atoms with Gasteiger partial charge in [0.05, 0.1) is 0 Å². The van der Waals surface area contributed by atoms with Crippen molar-refractivity contribution >= 4 is 11.9 Å². The van der Waals surface area contributed by atoms with Gasteiger partial charge in [0, 0.05) is 24.4 Å². The Balaban J connectivity index is 1.49. The van der Waals surface area contributed by atoms with Crippen molar-refractivity contribution in [3.63, 3.8) is 0 Å². The highest BCUT2D eigenvalue weighted by molar-refractivity contribution is 5.90. The second kappa shape index (κ2) is 4.47. The number of amides is 1. The highest BCUT2D eigenvalue weighted by atomic mass is 16.6. The van der Waals surface area contributed by atoms with Crippen molar-refractivity contribution in [2.45, 2.75) is 58.5 Å². The molecule has 3 aliphatic carbocycles. The van der Waals surface area contributed by atoms with E-state index in [-0.39, 0.29) is 17.4 Å². The van der Waals surface area contributed by atoms with Crippen LogP contribution in [0.15, 0.2) is 0 Å². The molecule has 0 aromatic rings. The van der Waals surface area contributed by atoms with E-state index in [1.807, 2.05) is 20.8 Å². The van der Waals surface area contributed by atoms with Gasteiger partial charge >= 0.3 is 6.09 Å². The zero-order chi connectivity index (χ0) is 14.5. The fourth-order valence-corrected chi connectivity index (χ4v) is 3.86. The minimum absolute atomic E-state index is 0.0728. The first-order valence-electron chi connectivity index (χ1n) is 7.81. The minimum Gasteiger partial charge on any atom is -0.444 e. The number of Topliss-reactive ketones (excluding diaryl/α,β-unsaturated/α-hetero) is 1. The maximum atomic E-state index is 12.5. The van der Waals surface area contributed by atoms with E-state index in [0.29, 0.717) is 18.9 Å². The second-order valence-corrected chi connectivity index (χ2v) is 7.86. The molecule has 20 heavy (non-hydrogen) atoms. The first-order chi connectivity index (χ1) is 9.29. The van der Waals surface area contributed by atoms with E-state index < -0.39 is 5.60 Å². The topological polar surface area (TPSA) is 46.6 Å². The Morgan fingerprint density at radius 2 is 1.65 bits per heavy atom. The predicted molar refractivity (Wildman–Crippen MR) is 75.3 cm³/mol. The molecule has 1 saturated heterocycles. The van der Waals surface area contributed by atoms with Gasteiger partial charge in [0.2, 0.25) is 0 Å². The van der Waals surface area contributed by atoms with Gasteiger partial charge in [-0.25, -0.2) is 4.79 Å². The molecule has 0 unspecified atom stereocenters. The number of likely N-dealkylation sites (tertiary alicyclic amines) is 1. The zero-order valence-electron chi connectivity index (χ0n) is 12.8. The van der Waals surface area contributed by atoms with Crippen LogP contribution in [0.25, 0.3) is 0 Å². The molecule has 0 aromatic heterocycles. The molecule has 112 valence electrons. The van der Waals surface area contributed by atoms with Crippen molar-refractivity contribution in [2.75, 3.05) is 13.1 Å². The van der Waals surface area contributed by atoms with Crippen molar-refractivity contribution in [3.05, 3.63) is 0 Å². The summed E-state index contributed by atoms with van der Waals surface area (Å²) in [5, 5.41) is 0. The summed E-state index contributed by atoms with van der Waals surface area (Å²) < 4.78 is 5.38. The molecule has 4 aliphatic rings. The average molecular weight is 279 g/mol. The smallest absolute Gasteiger partial charge is 0.410 e. The summed E-state index contributed by atoms with van der Waals surface area (Å²) in [5.41, 5.74) is -0.376. The van der Waals surface area contributed by atoms with Gasteiger partial charge in [-0.15, -0.1) is 0 Å². The molecule has 4 heteroatoms. The largest absolute Gasteiger partial charge is 0.444 e. The Morgan fingerprint density at radius 1 is 1.10 bits per heavy atom. The average Bonchev–Trinajstić information content (AvgIpc) is 2.22. The number of hydrogen-bond donors (Lipinski definition) is 0. The van der Waals surface area contributed by atoms with E-state index in [4.69, 9.17) is 4.74 Å². The fraction of sp³-hybridized carbons (Fsp3) is 0.875. The van der Waals surface area contributed by atoms with Crippen LogP contribution < -0.4 is 0 Å². The fourth-order valence-electron chi connectivity index (χ4n) is 3.86. The molecular formula is C16H25NO3. The van der Waals surface area contributed by atoms with Gasteiger partial charge < -0.3 is 9.64 Å². The Hall–Kier alpha value is -1.06. The van der Waals surface area contributed by atoms with Crippen LogP contribution in [0, 0.1) is 17.3 Å². The number of hydrogen-bond acceptors (Lipinski definition) is 3. The number of ether oxygens (including phenoxy) is 1. The molecule has 0 atom stereocenters. The lowest BCUT2D eigenvalue weighted by atomic mass is 9.41. The minimum atomic E-state index is -0.449. The molecule has 4 rings (SSSR count).